The van der Waals surface area contributed by atoms with Gasteiger partial charge in [0.25, 0.3) is 0 Å². The number of amides is 2. The first-order valence-electron chi connectivity index (χ1n) is 8.56. The van der Waals surface area contributed by atoms with Gasteiger partial charge in [0.15, 0.2) is 0 Å². The van der Waals surface area contributed by atoms with E-state index in [9.17, 15) is 9.59 Å². The van der Waals surface area contributed by atoms with Gasteiger partial charge in [0, 0.05) is 25.1 Å². The zero-order chi connectivity index (χ0) is 18.1. The number of hydrogen-bond donors (Lipinski definition) is 2. The van der Waals surface area contributed by atoms with E-state index < -0.39 is 5.91 Å². The Morgan fingerprint density at radius 1 is 1.04 bits per heavy atom. The lowest BCUT2D eigenvalue weighted by molar-refractivity contribution is -0.115. The number of benzene rings is 3. The number of nitrogens with zero attached hydrogens (tertiary/aromatic N) is 1. The highest BCUT2D eigenvalue weighted by Crippen LogP contribution is 2.31. The third kappa shape index (κ3) is 3.11. The van der Waals surface area contributed by atoms with Crippen LogP contribution < -0.4 is 16.0 Å². The Kier molecular flexibility index (Phi) is 4.05. The molecule has 0 saturated heterocycles. The van der Waals surface area contributed by atoms with Gasteiger partial charge in [0.1, 0.15) is 0 Å². The van der Waals surface area contributed by atoms with Crippen molar-refractivity contribution < 1.29 is 9.59 Å². The molecule has 130 valence electrons. The van der Waals surface area contributed by atoms with E-state index in [-0.39, 0.29) is 5.91 Å². The predicted octanol–water partition coefficient (Wildman–Crippen LogP) is 3.29. The maximum Gasteiger partial charge on any atom is 0.248 e. The number of fused-ring (bicyclic) bond motifs is 2. The summed E-state index contributed by atoms with van der Waals surface area (Å²) in [6.45, 7) is 1.30. The standard InChI is InChI=1S/C21H19N3O2/c22-21(26)17-7-8-19-18(12-17)23-20(25)9-10-24(19)13-14-5-6-15-3-1-2-4-16(15)11-14/h1-8,11-12H,9-10,13H2,(H2,22,26)(H,23,25). The fraction of sp³-hybridized carbons (Fsp3) is 0.143. The van der Waals surface area contributed by atoms with Crippen LogP contribution in [0.5, 0.6) is 0 Å². The minimum atomic E-state index is -0.507. The summed E-state index contributed by atoms with van der Waals surface area (Å²) in [6, 6.07) is 19.8. The fourth-order valence-electron chi connectivity index (χ4n) is 3.36. The average molecular weight is 345 g/mol. The molecule has 0 atom stereocenters. The molecule has 0 fully saturated rings. The van der Waals surface area contributed by atoms with Crippen LogP contribution in [-0.2, 0) is 11.3 Å². The van der Waals surface area contributed by atoms with Crippen LogP contribution in [0.15, 0.2) is 60.7 Å². The molecule has 3 aromatic carbocycles. The Morgan fingerprint density at radius 3 is 2.65 bits per heavy atom. The largest absolute Gasteiger partial charge is 0.366 e. The summed E-state index contributed by atoms with van der Waals surface area (Å²) in [4.78, 5) is 25.6. The predicted molar refractivity (Wildman–Crippen MR) is 103 cm³/mol. The van der Waals surface area contributed by atoms with Crippen LogP contribution in [0.4, 0.5) is 11.4 Å². The van der Waals surface area contributed by atoms with Gasteiger partial charge in [-0.15, -0.1) is 0 Å². The van der Waals surface area contributed by atoms with Gasteiger partial charge < -0.3 is 16.0 Å². The van der Waals surface area contributed by atoms with Crippen LogP contribution in [0.3, 0.4) is 0 Å². The third-order valence-corrected chi connectivity index (χ3v) is 4.69. The van der Waals surface area contributed by atoms with Crippen molar-refractivity contribution in [1.29, 1.82) is 0 Å². The summed E-state index contributed by atoms with van der Waals surface area (Å²) in [7, 11) is 0. The quantitative estimate of drug-likeness (QED) is 0.765. The molecule has 4 rings (SSSR count). The van der Waals surface area contributed by atoms with E-state index in [0.717, 1.165) is 5.69 Å². The second-order valence-corrected chi connectivity index (χ2v) is 6.50. The van der Waals surface area contributed by atoms with Crippen LogP contribution in [0.1, 0.15) is 22.3 Å². The summed E-state index contributed by atoms with van der Waals surface area (Å²) < 4.78 is 0. The molecule has 1 heterocycles. The number of nitrogens with two attached hydrogens (primary N) is 1. The molecular formula is C21H19N3O2. The highest BCUT2D eigenvalue weighted by molar-refractivity contribution is 6.00. The maximum atomic E-state index is 12.0. The molecule has 26 heavy (non-hydrogen) atoms. The number of carbonyl (C=O) groups excluding carboxylic acids is 2. The van der Waals surface area contributed by atoms with Crippen LogP contribution in [-0.4, -0.2) is 18.4 Å². The summed E-state index contributed by atoms with van der Waals surface area (Å²) in [5, 5.41) is 5.27. The summed E-state index contributed by atoms with van der Waals surface area (Å²) in [5.74, 6) is -0.568. The van der Waals surface area contributed by atoms with Crippen molar-refractivity contribution in [3.05, 3.63) is 71.8 Å². The van der Waals surface area contributed by atoms with Gasteiger partial charge in [-0.2, -0.15) is 0 Å². The molecule has 1 aliphatic rings. The van der Waals surface area contributed by atoms with Crippen LogP contribution >= 0.6 is 0 Å². The Hall–Kier alpha value is -3.34. The molecule has 0 saturated carbocycles. The monoisotopic (exact) mass is 345 g/mol. The molecule has 0 unspecified atom stereocenters. The van der Waals surface area contributed by atoms with Crippen molar-refractivity contribution in [2.75, 3.05) is 16.8 Å². The molecule has 0 bridgehead atoms. The lowest BCUT2D eigenvalue weighted by Crippen LogP contribution is -2.24. The molecule has 5 heteroatoms. The highest BCUT2D eigenvalue weighted by Gasteiger charge is 2.20. The fourth-order valence-corrected chi connectivity index (χ4v) is 3.36. The molecule has 0 aliphatic carbocycles. The normalized spacial score (nSPS) is 13.8. The van der Waals surface area contributed by atoms with Crippen molar-refractivity contribution >= 4 is 34.0 Å². The van der Waals surface area contributed by atoms with Crippen molar-refractivity contribution in [2.45, 2.75) is 13.0 Å². The summed E-state index contributed by atoms with van der Waals surface area (Å²) in [6.07, 6.45) is 0.397. The lowest BCUT2D eigenvalue weighted by atomic mass is 10.1. The Labute approximate surface area is 151 Å². The first kappa shape index (κ1) is 16.1. The van der Waals surface area contributed by atoms with Gasteiger partial charge in [-0.05, 0) is 40.6 Å². The molecule has 5 nitrogen and oxygen atoms in total. The van der Waals surface area contributed by atoms with Crippen molar-refractivity contribution in [3.8, 4) is 0 Å². The van der Waals surface area contributed by atoms with Gasteiger partial charge in [-0.3, -0.25) is 9.59 Å². The molecule has 0 aromatic heterocycles. The molecule has 3 N–H and O–H groups in total. The summed E-state index contributed by atoms with van der Waals surface area (Å²) >= 11 is 0. The maximum absolute atomic E-state index is 12.0. The zero-order valence-electron chi connectivity index (χ0n) is 14.2. The van der Waals surface area contributed by atoms with Crippen LogP contribution in [0.25, 0.3) is 10.8 Å². The van der Waals surface area contributed by atoms with E-state index in [1.807, 2.05) is 18.2 Å². The Morgan fingerprint density at radius 2 is 1.85 bits per heavy atom. The Bertz CT molecular complexity index is 1010. The van der Waals surface area contributed by atoms with Crippen LogP contribution in [0.2, 0.25) is 0 Å². The van der Waals surface area contributed by atoms with Gasteiger partial charge in [-0.1, -0.05) is 36.4 Å². The smallest absolute Gasteiger partial charge is 0.248 e. The van der Waals surface area contributed by atoms with Crippen molar-refractivity contribution in [3.63, 3.8) is 0 Å². The van der Waals surface area contributed by atoms with E-state index >= 15 is 0 Å². The molecule has 3 aromatic rings. The minimum Gasteiger partial charge on any atom is -0.366 e. The zero-order valence-corrected chi connectivity index (χ0v) is 14.2. The van der Waals surface area contributed by atoms with E-state index in [2.05, 4.69) is 40.5 Å². The van der Waals surface area contributed by atoms with Gasteiger partial charge in [0.05, 0.1) is 11.4 Å². The van der Waals surface area contributed by atoms with Crippen molar-refractivity contribution in [1.82, 2.24) is 0 Å². The highest BCUT2D eigenvalue weighted by atomic mass is 16.2. The lowest BCUT2D eigenvalue weighted by Gasteiger charge is -2.24. The second-order valence-electron chi connectivity index (χ2n) is 6.50. The van der Waals surface area contributed by atoms with E-state index in [1.54, 1.807) is 12.1 Å². The van der Waals surface area contributed by atoms with Gasteiger partial charge >= 0.3 is 0 Å². The van der Waals surface area contributed by atoms with Gasteiger partial charge in [-0.25, -0.2) is 0 Å². The van der Waals surface area contributed by atoms with E-state index in [0.29, 0.717) is 30.8 Å². The number of nitrogens with one attached hydrogen (secondary N) is 1. The number of hydrogen-bond acceptors (Lipinski definition) is 3. The number of primary amides is 1. The van der Waals surface area contributed by atoms with Gasteiger partial charge in [0.2, 0.25) is 11.8 Å². The first-order valence-corrected chi connectivity index (χ1v) is 8.56. The van der Waals surface area contributed by atoms with E-state index in [1.165, 1.54) is 16.3 Å². The molecule has 2 amide bonds. The molecule has 0 radical (unpaired) electrons. The number of rotatable bonds is 3. The first-order chi connectivity index (χ1) is 12.6. The Balaban J connectivity index is 1.69. The minimum absolute atomic E-state index is 0.0612. The van der Waals surface area contributed by atoms with Crippen LogP contribution in [0, 0.1) is 0 Å². The molecule has 0 spiro atoms. The average Bonchev–Trinajstić information content (AvgIpc) is 2.79. The number of anilines is 2. The van der Waals surface area contributed by atoms with Crippen molar-refractivity contribution in [2.24, 2.45) is 5.73 Å². The molecule has 1 aliphatic heterocycles. The summed E-state index contributed by atoms with van der Waals surface area (Å²) in [5.41, 5.74) is 8.45. The molecular weight excluding hydrogens is 326 g/mol. The SMILES string of the molecule is NC(=O)c1ccc2c(c1)NC(=O)CCN2Cc1ccc2ccccc2c1. The third-order valence-electron chi connectivity index (χ3n) is 4.69. The number of carbonyl (C=O) groups is 2. The van der Waals surface area contributed by atoms with E-state index in [4.69, 9.17) is 5.73 Å². The second kappa shape index (κ2) is 6.52. The topological polar surface area (TPSA) is 75.4 Å².